The SMILES string of the molecule is CCCCCCCCCCCCCCCCOC(=O)c1cn(C(COC(COCC(O)CO)COCC(O)CO)COC(COCC(O)CO)COCC(O)CO)nn1. The third-order valence-corrected chi connectivity index (χ3v) is 9.17. The number of nitrogens with zero attached hydrogens (tertiary/aromatic N) is 3. The van der Waals surface area contributed by atoms with E-state index in [-0.39, 0.29) is 78.4 Å². The third-order valence-electron chi connectivity index (χ3n) is 9.17. The monoisotopic (exact) mass is 856 g/mol. The Bertz CT molecular complexity index is 1020. The topological polar surface area (TPSA) is 274 Å². The highest BCUT2D eigenvalue weighted by Gasteiger charge is 2.24. The number of hydrogen-bond donors (Lipinski definition) is 8. The summed E-state index contributed by atoms with van der Waals surface area (Å²) in [4.78, 5) is 12.9. The van der Waals surface area contributed by atoms with Crippen LogP contribution in [0.2, 0.25) is 0 Å². The van der Waals surface area contributed by atoms with Crippen LogP contribution in [-0.4, -0.2) is 198 Å². The summed E-state index contributed by atoms with van der Waals surface area (Å²) in [5.41, 5.74) is -0.0289. The van der Waals surface area contributed by atoms with E-state index in [9.17, 15) is 25.2 Å². The van der Waals surface area contributed by atoms with Crippen molar-refractivity contribution in [2.45, 2.75) is 139 Å². The first kappa shape index (κ1) is 55.1. The Kier molecular flexibility index (Phi) is 35.3. The van der Waals surface area contributed by atoms with E-state index in [2.05, 4.69) is 17.2 Å². The first-order valence-electron chi connectivity index (χ1n) is 21.5. The molecule has 0 bridgehead atoms. The summed E-state index contributed by atoms with van der Waals surface area (Å²) in [6.07, 6.45) is 12.4. The van der Waals surface area contributed by atoms with E-state index in [1.54, 1.807) is 0 Å². The Morgan fingerprint density at radius 2 is 0.898 bits per heavy atom. The molecular weight excluding hydrogens is 778 g/mol. The van der Waals surface area contributed by atoms with Crippen molar-refractivity contribution in [1.29, 1.82) is 0 Å². The molecule has 0 aliphatic carbocycles. The molecule has 59 heavy (non-hydrogen) atoms. The zero-order valence-corrected chi connectivity index (χ0v) is 35.3. The Morgan fingerprint density at radius 3 is 1.25 bits per heavy atom. The molecule has 1 rings (SSSR count). The molecule has 19 heteroatoms. The first-order chi connectivity index (χ1) is 28.7. The minimum Gasteiger partial charge on any atom is -0.461 e. The predicted molar refractivity (Wildman–Crippen MR) is 215 cm³/mol. The number of carbonyl (C=O) groups excluding carboxylic acids is 1. The Hall–Kier alpha value is -1.95. The third kappa shape index (κ3) is 29.9. The van der Waals surface area contributed by atoms with Gasteiger partial charge in [-0.05, 0) is 6.42 Å². The standard InChI is InChI=1S/C40H77N3O16/c1-2-3-4-5-6-7-8-9-10-11-12-13-14-15-16-57-40(52)39-17-43(42-41-39)32(22-58-37(28-53-24-33(48)18-44)29-54-25-34(49)19-45)23-59-38(30-55-26-35(50)20-46)31-56-27-36(51)21-47/h17,32-38,44-51H,2-16,18-31H2,1H3. The van der Waals surface area contributed by atoms with E-state index in [0.29, 0.717) is 0 Å². The molecule has 0 fully saturated rings. The van der Waals surface area contributed by atoms with Gasteiger partial charge in [0.2, 0.25) is 0 Å². The van der Waals surface area contributed by atoms with Crippen LogP contribution in [0.15, 0.2) is 6.20 Å². The maximum absolute atomic E-state index is 12.9. The molecule has 0 aliphatic rings. The lowest BCUT2D eigenvalue weighted by atomic mass is 10.0. The lowest BCUT2D eigenvalue weighted by Crippen LogP contribution is -2.35. The lowest BCUT2D eigenvalue weighted by molar-refractivity contribution is -0.112. The maximum Gasteiger partial charge on any atom is 0.360 e. The van der Waals surface area contributed by atoms with Crippen LogP contribution >= 0.6 is 0 Å². The molecular formula is C40H77N3O16. The second kappa shape index (κ2) is 37.8. The molecule has 0 aromatic carbocycles. The van der Waals surface area contributed by atoms with Crippen molar-refractivity contribution in [3.63, 3.8) is 0 Å². The van der Waals surface area contributed by atoms with Gasteiger partial charge in [0.15, 0.2) is 5.69 Å². The van der Waals surface area contributed by atoms with Crippen molar-refractivity contribution < 1.29 is 78.8 Å². The zero-order chi connectivity index (χ0) is 43.4. The zero-order valence-electron chi connectivity index (χ0n) is 35.3. The van der Waals surface area contributed by atoms with Crippen molar-refractivity contribution in [3.05, 3.63) is 11.9 Å². The molecule has 348 valence electrons. The van der Waals surface area contributed by atoms with Crippen LogP contribution in [0.5, 0.6) is 0 Å². The quantitative estimate of drug-likeness (QED) is 0.0332. The summed E-state index contributed by atoms with van der Waals surface area (Å²) in [6, 6.07) is -0.739. The highest BCUT2D eigenvalue weighted by molar-refractivity contribution is 5.86. The van der Waals surface area contributed by atoms with E-state index >= 15 is 0 Å². The van der Waals surface area contributed by atoms with Gasteiger partial charge in [-0.2, -0.15) is 0 Å². The molecule has 8 N–H and O–H groups in total. The minimum absolute atomic E-state index is 0.0289. The van der Waals surface area contributed by atoms with Crippen molar-refractivity contribution in [2.24, 2.45) is 0 Å². The number of rotatable bonds is 43. The fourth-order valence-corrected chi connectivity index (χ4v) is 5.62. The normalized spacial score (nSPS) is 15.5. The highest BCUT2D eigenvalue weighted by Crippen LogP contribution is 2.15. The second-order valence-corrected chi connectivity index (χ2v) is 14.9. The van der Waals surface area contributed by atoms with E-state index in [1.165, 1.54) is 75.1 Å². The fraction of sp³-hybridized carbons (Fsp3) is 0.925. The molecule has 0 saturated heterocycles. The molecule has 0 amide bonds. The van der Waals surface area contributed by atoms with Gasteiger partial charge in [0.25, 0.3) is 0 Å². The van der Waals surface area contributed by atoms with E-state index in [4.69, 9.17) is 53.6 Å². The molecule has 19 nitrogen and oxygen atoms in total. The molecule has 0 radical (unpaired) electrons. The first-order valence-corrected chi connectivity index (χ1v) is 21.5. The summed E-state index contributed by atoms with van der Waals surface area (Å²) in [7, 11) is 0. The second-order valence-electron chi connectivity index (χ2n) is 14.9. The van der Waals surface area contributed by atoms with Crippen LogP contribution in [-0.2, 0) is 33.2 Å². The molecule has 4 atom stereocenters. The molecule has 1 heterocycles. The molecule has 4 unspecified atom stereocenters. The minimum atomic E-state index is -1.12. The number of aromatic nitrogens is 3. The Morgan fingerprint density at radius 1 is 0.542 bits per heavy atom. The van der Waals surface area contributed by atoms with Gasteiger partial charge < -0.3 is 74.0 Å². The molecule has 0 saturated carbocycles. The Labute approximate surface area is 349 Å². The number of unbranched alkanes of at least 4 members (excludes halogenated alkanes) is 13. The summed E-state index contributed by atoms with van der Waals surface area (Å²) in [5.74, 6) is -0.638. The molecule has 0 spiro atoms. The number of carbonyl (C=O) groups is 1. The summed E-state index contributed by atoms with van der Waals surface area (Å²) in [6.45, 7) is -0.851. The summed E-state index contributed by atoms with van der Waals surface area (Å²) in [5, 5.41) is 83.6. The number of aliphatic hydroxyl groups is 8. The number of aliphatic hydroxyl groups excluding tert-OH is 8. The van der Waals surface area contributed by atoms with E-state index < -0.39 is 75.1 Å². The predicted octanol–water partition coefficient (Wildman–Crippen LogP) is 0.707. The van der Waals surface area contributed by atoms with Gasteiger partial charge in [-0.15, -0.1) is 5.10 Å². The van der Waals surface area contributed by atoms with Crippen molar-refractivity contribution in [2.75, 3.05) is 99.1 Å². The maximum atomic E-state index is 12.9. The average Bonchev–Trinajstić information content (AvgIpc) is 3.74. The van der Waals surface area contributed by atoms with Crippen LogP contribution in [0.3, 0.4) is 0 Å². The lowest BCUT2D eigenvalue weighted by Gasteiger charge is -2.25. The number of hydrogen-bond acceptors (Lipinski definition) is 18. The fourth-order valence-electron chi connectivity index (χ4n) is 5.62. The molecule has 1 aromatic heterocycles. The summed E-state index contributed by atoms with van der Waals surface area (Å²) >= 11 is 0. The van der Waals surface area contributed by atoms with Gasteiger partial charge in [-0.1, -0.05) is 95.6 Å². The molecule has 0 aliphatic heterocycles. The molecule has 1 aromatic rings. The van der Waals surface area contributed by atoms with Crippen LogP contribution in [0.4, 0.5) is 0 Å². The van der Waals surface area contributed by atoms with E-state index in [0.717, 1.165) is 25.7 Å². The smallest absolute Gasteiger partial charge is 0.360 e. The van der Waals surface area contributed by atoms with Gasteiger partial charge >= 0.3 is 5.97 Å². The van der Waals surface area contributed by atoms with Gasteiger partial charge in [-0.25, -0.2) is 9.48 Å². The number of ether oxygens (including phenoxy) is 7. The van der Waals surface area contributed by atoms with Crippen molar-refractivity contribution in [1.82, 2.24) is 15.0 Å². The van der Waals surface area contributed by atoms with Gasteiger partial charge in [0, 0.05) is 0 Å². The van der Waals surface area contributed by atoms with Crippen molar-refractivity contribution in [3.8, 4) is 0 Å². The van der Waals surface area contributed by atoms with Gasteiger partial charge in [0.05, 0.1) is 105 Å². The summed E-state index contributed by atoms with van der Waals surface area (Å²) < 4.78 is 41.0. The van der Waals surface area contributed by atoms with Crippen LogP contribution in [0.1, 0.15) is 113 Å². The van der Waals surface area contributed by atoms with Gasteiger partial charge in [-0.3, -0.25) is 0 Å². The van der Waals surface area contributed by atoms with E-state index in [1.807, 2.05) is 0 Å². The van der Waals surface area contributed by atoms with Crippen LogP contribution in [0, 0.1) is 0 Å². The number of esters is 1. The van der Waals surface area contributed by atoms with Crippen LogP contribution < -0.4 is 0 Å². The Balaban J connectivity index is 2.86. The average molecular weight is 856 g/mol. The largest absolute Gasteiger partial charge is 0.461 e. The van der Waals surface area contributed by atoms with Gasteiger partial charge in [0.1, 0.15) is 42.7 Å². The highest BCUT2D eigenvalue weighted by atomic mass is 16.6. The van der Waals surface area contributed by atoms with Crippen molar-refractivity contribution >= 4 is 5.97 Å². The van der Waals surface area contributed by atoms with Crippen LogP contribution in [0.25, 0.3) is 0 Å².